The zero-order chi connectivity index (χ0) is 15.3. The van der Waals surface area contributed by atoms with Crippen LogP contribution in [-0.4, -0.2) is 17.6 Å². The van der Waals surface area contributed by atoms with E-state index in [0.29, 0.717) is 6.54 Å². The highest BCUT2D eigenvalue weighted by Crippen LogP contribution is 2.26. The van der Waals surface area contributed by atoms with Gasteiger partial charge >= 0.3 is 0 Å². The van der Waals surface area contributed by atoms with E-state index in [-0.39, 0.29) is 24.4 Å². The van der Waals surface area contributed by atoms with Crippen LogP contribution in [0.4, 0.5) is 0 Å². The molecule has 0 radical (unpaired) electrons. The van der Waals surface area contributed by atoms with E-state index in [1.165, 1.54) is 6.42 Å². The van der Waals surface area contributed by atoms with Crippen molar-refractivity contribution >= 4 is 18.3 Å². The van der Waals surface area contributed by atoms with Gasteiger partial charge in [0.15, 0.2) is 0 Å². The van der Waals surface area contributed by atoms with Gasteiger partial charge < -0.3 is 15.8 Å². The number of ether oxygens (including phenoxy) is 1. The first kappa shape index (κ1) is 18.8. The topological polar surface area (TPSA) is 64.3 Å². The Kier molecular flexibility index (Phi) is 7.17. The first-order valence-corrected chi connectivity index (χ1v) is 7.83. The van der Waals surface area contributed by atoms with Crippen LogP contribution in [0.25, 0.3) is 0 Å². The minimum absolute atomic E-state index is 0. The molecule has 0 aliphatic heterocycles. The molecule has 0 heterocycles. The highest BCUT2D eigenvalue weighted by atomic mass is 35.5. The SMILES string of the molecule is CC(C)Oc1ccccc1CNC(=O)C1(N)CCCCC1.Cl. The van der Waals surface area contributed by atoms with E-state index in [4.69, 9.17) is 10.5 Å². The molecule has 124 valence electrons. The van der Waals surface area contributed by atoms with Crippen LogP contribution in [0.15, 0.2) is 24.3 Å². The van der Waals surface area contributed by atoms with Crippen molar-refractivity contribution in [3.05, 3.63) is 29.8 Å². The first-order valence-electron chi connectivity index (χ1n) is 7.83. The number of carbonyl (C=O) groups excluding carboxylic acids is 1. The minimum Gasteiger partial charge on any atom is -0.491 e. The zero-order valence-corrected chi connectivity index (χ0v) is 14.2. The van der Waals surface area contributed by atoms with Gasteiger partial charge in [-0.15, -0.1) is 12.4 Å². The van der Waals surface area contributed by atoms with Crippen LogP contribution in [0.2, 0.25) is 0 Å². The fourth-order valence-corrected chi connectivity index (χ4v) is 2.78. The standard InChI is InChI=1S/C17H26N2O2.ClH/c1-13(2)21-15-9-5-4-8-14(15)12-19-16(20)17(18)10-6-3-7-11-17;/h4-5,8-9,13H,3,6-7,10-12,18H2,1-2H3,(H,19,20);1H. The third kappa shape index (κ3) is 4.89. The molecule has 0 aromatic heterocycles. The second-order valence-electron chi connectivity index (χ2n) is 6.17. The highest BCUT2D eigenvalue weighted by molar-refractivity contribution is 5.86. The van der Waals surface area contributed by atoms with E-state index in [9.17, 15) is 4.79 Å². The Balaban J connectivity index is 0.00000242. The second kappa shape index (κ2) is 8.39. The fourth-order valence-electron chi connectivity index (χ4n) is 2.78. The Hall–Kier alpha value is -1.26. The van der Waals surface area contributed by atoms with Crippen molar-refractivity contribution in [2.45, 2.75) is 64.1 Å². The average molecular weight is 327 g/mol. The predicted molar refractivity (Wildman–Crippen MR) is 91.3 cm³/mol. The van der Waals surface area contributed by atoms with Crippen molar-refractivity contribution < 1.29 is 9.53 Å². The number of nitrogens with two attached hydrogens (primary N) is 1. The second-order valence-corrected chi connectivity index (χ2v) is 6.17. The van der Waals surface area contributed by atoms with Gasteiger partial charge in [0.1, 0.15) is 5.75 Å². The predicted octanol–water partition coefficient (Wildman–Crippen LogP) is 3.17. The van der Waals surface area contributed by atoms with Gasteiger partial charge in [-0.25, -0.2) is 0 Å². The molecule has 0 atom stereocenters. The molecule has 0 bridgehead atoms. The van der Waals surface area contributed by atoms with Crippen LogP contribution in [0.5, 0.6) is 5.75 Å². The van der Waals surface area contributed by atoms with Gasteiger partial charge in [-0.05, 0) is 32.8 Å². The number of hydrogen-bond donors (Lipinski definition) is 2. The normalized spacial score (nSPS) is 16.7. The summed E-state index contributed by atoms with van der Waals surface area (Å²) in [6.07, 6.45) is 4.93. The maximum Gasteiger partial charge on any atom is 0.240 e. The Morgan fingerprint density at radius 2 is 1.91 bits per heavy atom. The van der Waals surface area contributed by atoms with Crippen molar-refractivity contribution in [1.82, 2.24) is 5.32 Å². The van der Waals surface area contributed by atoms with Crippen LogP contribution >= 0.6 is 12.4 Å². The molecule has 1 saturated carbocycles. The van der Waals surface area contributed by atoms with E-state index in [1.807, 2.05) is 38.1 Å². The molecule has 1 amide bonds. The molecule has 1 aromatic carbocycles. The van der Waals surface area contributed by atoms with Gasteiger partial charge in [0.25, 0.3) is 0 Å². The summed E-state index contributed by atoms with van der Waals surface area (Å²) in [6.45, 7) is 4.44. The number of para-hydroxylation sites is 1. The maximum absolute atomic E-state index is 12.3. The summed E-state index contributed by atoms with van der Waals surface area (Å²) in [4.78, 5) is 12.3. The molecule has 1 aliphatic carbocycles. The van der Waals surface area contributed by atoms with Gasteiger partial charge in [-0.3, -0.25) is 4.79 Å². The molecule has 2 rings (SSSR count). The van der Waals surface area contributed by atoms with Crippen molar-refractivity contribution in [3.8, 4) is 5.75 Å². The van der Waals surface area contributed by atoms with Crippen molar-refractivity contribution in [3.63, 3.8) is 0 Å². The lowest BCUT2D eigenvalue weighted by molar-refractivity contribution is -0.127. The molecule has 0 unspecified atom stereocenters. The van der Waals surface area contributed by atoms with Gasteiger partial charge in [-0.1, -0.05) is 37.5 Å². The molecule has 3 N–H and O–H groups in total. The lowest BCUT2D eigenvalue weighted by atomic mass is 9.82. The third-order valence-corrected chi connectivity index (χ3v) is 3.97. The summed E-state index contributed by atoms with van der Waals surface area (Å²) < 4.78 is 5.77. The summed E-state index contributed by atoms with van der Waals surface area (Å²) in [6, 6.07) is 7.80. The Bertz CT molecular complexity index is 485. The summed E-state index contributed by atoms with van der Waals surface area (Å²) in [5, 5.41) is 2.98. The maximum atomic E-state index is 12.3. The molecule has 22 heavy (non-hydrogen) atoms. The highest BCUT2D eigenvalue weighted by Gasteiger charge is 2.34. The van der Waals surface area contributed by atoms with E-state index >= 15 is 0 Å². The number of hydrogen-bond acceptors (Lipinski definition) is 3. The number of rotatable bonds is 5. The van der Waals surface area contributed by atoms with Crippen LogP contribution in [-0.2, 0) is 11.3 Å². The zero-order valence-electron chi connectivity index (χ0n) is 13.4. The summed E-state index contributed by atoms with van der Waals surface area (Å²) >= 11 is 0. The number of amides is 1. The lowest BCUT2D eigenvalue weighted by Crippen LogP contribution is -2.54. The molecule has 0 spiro atoms. The van der Waals surface area contributed by atoms with Crippen LogP contribution in [0, 0.1) is 0 Å². The number of carbonyl (C=O) groups is 1. The molecule has 1 aliphatic rings. The largest absolute Gasteiger partial charge is 0.491 e. The Morgan fingerprint density at radius 3 is 2.55 bits per heavy atom. The number of halogens is 1. The Labute approximate surface area is 139 Å². The molecular formula is C17H27ClN2O2. The smallest absolute Gasteiger partial charge is 0.240 e. The van der Waals surface area contributed by atoms with Crippen molar-refractivity contribution in [1.29, 1.82) is 0 Å². The molecule has 1 aromatic rings. The van der Waals surface area contributed by atoms with Gasteiger partial charge in [-0.2, -0.15) is 0 Å². The summed E-state index contributed by atoms with van der Waals surface area (Å²) in [5.41, 5.74) is 6.54. The quantitative estimate of drug-likeness (QED) is 0.873. The van der Waals surface area contributed by atoms with Crippen molar-refractivity contribution in [2.75, 3.05) is 0 Å². The Morgan fingerprint density at radius 1 is 1.27 bits per heavy atom. The summed E-state index contributed by atoms with van der Waals surface area (Å²) in [7, 11) is 0. The van der Waals surface area contributed by atoms with Gasteiger partial charge in [0.05, 0.1) is 11.6 Å². The van der Waals surface area contributed by atoms with Crippen LogP contribution in [0.3, 0.4) is 0 Å². The first-order chi connectivity index (χ1) is 10.0. The van der Waals surface area contributed by atoms with Crippen LogP contribution < -0.4 is 15.8 Å². The lowest BCUT2D eigenvalue weighted by Gasteiger charge is -2.31. The van der Waals surface area contributed by atoms with E-state index < -0.39 is 5.54 Å². The van der Waals surface area contributed by atoms with Gasteiger partial charge in [0, 0.05) is 12.1 Å². The molecule has 1 fully saturated rings. The van der Waals surface area contributed by atoms with E-state index in [2.05, 4.69) is 5.32 Å². The number of benzene rings is 1. The average Bonchev–Trinajstić information content (AvgIpc) is 2.46. The van der Waals surface area contributed by atoms with E-state index in [0.717, 1.165) is 37.0 Å². The van der Waals surface area contributed by atoms with E-state index in [1.54, 1.807) is 0 Å². The van der Waals surface area contributed by atoms with Gasteiger partial charge in [0.2, 0.25) is 5.91 Å². The minimum atomic E-state index is -0.688. The molecule has 4 nitrogen and oxygen atoms in total. The fraction of sp³-hybridized carbons (Fsp3) is 0.588. The molecule has 5 heteroatoms. The number of nitrogens with one attached hydrogen (secondary N) is 1. The monoisotopic (exact) mass is 326 g/mol. The van der Waals surface area contributed by atoms with Crippen molar-refractivity contribution in [2.24, 2.45) is 5.73 Å². The summed E-state index contributed by atoms with van der Waals surface area (Å²) in [5.74, 6) is 0.782. The van der Waals surface area contributed by atoms with Crippen LogP contribution in [0.1, 0.15) is 51.5 Å². The third-order valence-electron chi connectivity index (χ3n) is 3.97. The molecular weight excluding hydrogens is 300 g/mol. The molecule has 0 saturated heterocycles.